The highest BCUT2D eigenvalue weighted by molar-refractivity contribution is 7.89. The van der Waals surface area contributed by atoms with E-state index in [-0.39, 0.29) is 10.8 Å². The van der Waals surface area contributed by atoms with Gasteiger partial charge >= 0.3 is 0 Å². The molecule has 10 heteroatoms. The molecular formula is C23H28N4O5S. The highest BCUT2D eigenvalue weighted by Gasteiger charge is 2.32. The van der Waals surface area contributed by atoms with Crippen molar-refractivity contribution in [3.05, 3.63) is 70.4 Å². The molecule has 0 aliphatic carbocycles. The van der Waals surface area contributed by atoms with Gasteiger partial charge in [0.2, 0.25) is 10.0 Å². The Morgan fingerprint density at radius 2 is 1.76 bits per heavy atom. The van der Waals surface area contributed by atoms with Gasteiger partial charge in [0, 0.05) is 18.7 Å². The normalized spacial score (nSPS) is 15.0. The molecule has 1 amide bonds. The Labute approximate surface area is 193 Å². The zero-order chi connectivity index (χ0) is 23.6. The molecule has 1 saturated heterocycles. The molecule has 0 radical (unpaired) electrons. The summed E-state index contributed by atoms with van der Waals surface area (Å²) >= 11 is 0. The summed E-state index contributed by atoms with van der Waals surface area (Å²) in [5, 5.41) is 7.31. The van der Waals surface area contributed by atoms with Crippen molar-refractivity contribution in [2.24, 2.45) is 0 Å². The number of carbonyl (C=O) groups is 1. The lowest BCUT2D eigenvalue weighted by Crippen LogP contribution is -2.41. The highest BCUT2D eigenvalue weighted by Crippen LogP contribution is 2.25. The summed E-state index contributed by atoms with van der Waals surface area (Å²) in [7, 11) is -3.63. The molecule has 3 heterocycles. The molecule has 1 fully saturated rings. The quantitative estimate of drug-likeness (QED) is 0.566. The second-order valence-electron chi connectivity index (χ2n) is 8.07. The molecule has 176 valence electrons. The minimum atomic E-state index is -3.63. The Kier molecular flexibility index (Phi) is 6.68. The van der Waals surface area contributed by atoms with Gasteiger partial charge in [0.15, 0.2) is 0 Å². The van der Waals surface area contributed by atoms with Gasteiger partial charge in [0.1, 0.15) is 16.4 Å². The fourth-order valence-corrected chi connectivity index (χ4v) is 5.69. The maximum atomic E-state index is 13.1. The number of carbonyl (C=O) groups excluding carboxylic acids is 1. The molecule has 0 saturated carbocycles. The van der Waals surface area contributed by atoms with Crippen molar-refractivity contribution in [1.82, 2.24) is 19.4 Å². The lowest BCUT2D eigenvalue weighted by Gasteiger charge is -2.26. The van der Waals surface area contributed by atoms with Crippen LogP contribution < -0.4 is 5.32 Å². The summed E-state index contributed by atoms with van der Waals surface area (Å²) < 4.78 is 40.2. The van der Waals surface area contributed by atoms with Gasteiger partial charge in [-0.05, 0) is 50.6 Å². The van der Waals surface area contributed by atoms with Crippen LogP contribution in [0.4, 0.5) is 0 Å². The maximum absolute atomic E-state index is 13.1. The van der Waals surface area contributed by atoms with Crippen LogP contribution in [0.15, 0.2) is 45.7 Å². The number of benzene rings is 1. The number of rotatable bonds is 7. The van der Waals surface area contributed by atoms with Gasteiger partial charge in [-0.3, -0.25) is 9.48 Å². The summed E-state index contributed by atoms with van der Waals surface area (Å²) in [5.41, 5.74) is 2.51. The minimum Gasteiger partial charge on any atom is -0.465 e. The number of nitrogens with zero attached hydrogens (tertiary/aromatic N) is 3. The number of ether oxygens (including phenoxy) is 1. The van der Waals surface area contributed by atoms with E-state index >= 15 is 0 Å². The number of furan rings is 1. The number of hydrogen-bond acceptors (Lipinski definition) is 6. The van der Waals surface area contributed by atoms with Crippen LogP contribution in [-0.2, 0) is 27.8 Å². The number of morpholine rings is 1. The number of aromatic nitrogens is 2. The van der Waals surface area contributed by atoms with Crippen LogP contribution in [0.2, 0.25) is 0 Å². The van der Waals surface area contributed by atoms with E-state index in [1.54, 1.807) is 30.7 Å². The summed E-state index contributed by atoms with van der Waals surface area (Å²) in [6.07, 6.45) is 0. The van der Waals surface area contributed by atoms with E-state index in [4.69, 9.17) is 9.15 Å². The number of aryl methyl sites for hydroxylation is 2. The van der Waals surface area contributed by atoms with Crippen molar-refractivity contribution in [2.75, 3.05) is 26.3 Å². The molecule has 2 aromatic heterocycles. The Morgan fingerprint density at radius 1 is 1.06 bits per heavy atom. The van der Waals surface area contributed by atoms with E-state index in [9.17, 15) is 13.2 Å². The molecule has 4 rings (SSSR count). The first-order valence-corrected chi connectivity index (χ1v) is 12.2. The van der Waals surface area contributed by atoms with Crippen LogP contribution in [0.5, 0.6) is 0 Å². The molecule has 1 aliphatic heterocycles. The van der Waals surface area contributed by atoms with Crippen LogP contribution >= 0.6 is 0 Å². The Bertz CT molecular complexity index is 1240. The zero-order valence-electron chi connectivity index (χ0n) is 19.0. The Morgan fingerprint density at radius 3 is 2.39 bits per heavy atom. The van der Waals surface area contributed by atoms with Crippen LogP contribution in [-0.4, -0.2) is 54.7 Å². The fourth-order valence-electron chi connectivity index (χ4n) is 3.91. The molecule has 1 N–H and O–H groups in total. The molecule has 9 nitrogen and oxygen atoms in total. The number of amides is 1. The third-order valence-electron chi connectivity index (χ3n) is 5.65. The average Bonchev–Trinajstić information content (AvgIpc) is 3.35. The second kappa shape index (κ2) is 9.50. The minimum absolute atomic E-state index is 0.194. The fraction of sp³-hybridized carbons (Fsp3) is 0.391. The standard InChI is InChI=1S/C23H28N4O5S/c1-16-4-9-21(32-16)14-24-23(28)20-7-5-19(6-8-20)15-27-18(3)22(17(2)25-27)33(29,30)26-10-12-31-13-11-26/h4-9H,10-15H2,1-3H3,(H,24,28). The Balaban J connectivity index is 1.45. The topological polar surface area (TPSA) is 107 Å². The Hall–Kier alpha value is -2.95. The first-order chi connectivity index (χ1) is 15.8. The summed E-state index contributed by atoms with van der Waals surface area (Å²) in [5.74, 6) is 1.30. The second-order valence-corrected chi connectivity index (χ2v) is 9.94. The third kappa shape index (κ3) is 5.02. The predicted molar refractivity (Wildman–Crippen MR) is 121 cm³/mol. The van der Waals surface area contributed by atoms with Gasteiger partial charge in [-0.2, -0.15) is 9.40 Å². The predicted octanol–water partition coefficient (Wildman–Crippen LogP) is 2.40. The first kappa shape index (κ1) is 23.2. The first-order valence-electron chi connectivity index (χ1n) is 10.8. The van der Waals surface area contributed by atoms with E-state index < -0.39 is 10.0 Å². The molecule has 0 bridgehead atoms. The molecule has 0 spiro atoms. The van der Waals surface area contributed by atoms with Gasteiger partial charge in [-0.15, -0.1) is 0 Å². The highest BCUT2D eigenvalue weighted by atomic mass is 32.2. The number of nitrogens with one attached hydrogen (secondary N) is 1. The van der Waals surface area contributed by atoms with Gasteiger partial charge < -0.3 is 14.5 Å². The van der Waals surface area contributed by atoms with Crippen LogP contribution in [0.25, 0.3) is 0 Å². The summed E-state index contributed by atoms with van der Waals surface area (Å²) in [6.45, 7) is 7.54. The summed E-state index contributed by atoms with van der Waals surface area (Å²) in [6, 6.07) is 10.9. The number of hydrogen-bond donors (Lipinski definition) is 1. The third-order valence-corrected chi connectivity index (χ3v) is 7.80. The van der Waals surface area contributed by atoms with Gasteiger partial charge in [0.05, 0.1) is 37.7 Å². The lowest BCUT2D eigenvalue weighted by atomic mass is 10.1. The molecule has 3 aromatic rings. The van der Waals surface area contributed by atoms with Crippen LogP contribution in [0.1, 0.15) is 38.8 Å². The van der Waals surface area contributed by atoms with Crippen molar-refractivity contribution < 1.29 is 22.4 Å². The summed E-state index contributed by atoms with van der Waals surface area (Å²) in [4.78, 5) is 12.7. The maximum Gasteiger partial charge on any atom is 0.251 e. The largest absolute Gasteiger partial charge is 0.465 e. The molecule has 1 aliphatic rings. The SMILES string of the molecule is Cc1ccc(CNC(=O)c2ccc(Cn3nc(C)c(S(=O)(=O)N4CCOCC4)c3C)cc2)o1. The van der Waals surface area contributed by atoms with Gasteiger partial charge in [-0.1, -0.05) is 12.1 Å². The number of sulfonamides is 1. The van der Waals surface area contributed by atoms with E-state index in [1.807, 2.05) is 31.2 Å². The van der Waals surface area contributed by atoms with E-state index in [1.165, 1.54) is 4.31 Å². The van der Waals surface area contributed by atoms with Gasteiger partial charge in [-0.25, -0.2) is 8.42 Å². The molecule has 0 atom stereocenters. The smallest absolute Gasteiger partial charge is 0.251 e. The zero-order valence-corrected chi connectivity index (χ0v) is 19.8. The monoisotopic (exact) mass is 472 g/mol. The van der Waals surface area contributed by atoms with E-state index in [0.29, 0.717) is 62.1 Å². The average molecular weight is 473 g/mol. The molecule has 0 unspecified atom stereocenters. The van der Waals surface area contributed by atoms with Gasteiger partial charge in [0.25, 0.3) is 5.91 Å². The molecule has 33 heavy (non-hydrogen) atoms. The van der Waals surface area contributed by atoms with Crippen LogP contribution in [0, 0.1) is 20.8 Å². The van der Waals surface area contributed by atoms with Crippen molar-refractivity contribution in [1.29, 1.82) is 0 Å². The molecular weight excluding hydrogens is 444 g/mol. The lowest BCUT2D eigenvalue weighted by molar-refractivity contribution is 0.0730. The van der Waals surface area contributed by atoms with E-state index in [2.05, 4.69) is 10.4 Å². The van der Waals surface area contributed by atoms with Crippen molar-refractivity contribution >= 4 is 15.9 Å². The molecule has 1 aromatic carbocycles. The van der Waals surface area contributed by atoms with Crippen molar-refractivity contribution in [3.8, 4) is 0 Å². The van der Waals surface area contributed by atoms with Crippen LogP contribution in [0.3, 0.4) is 0 Å². The van der Waals surface area contributed by atoms with Crippen molar-refractivity contribution in [3.63, 3.8) is 0 Å². The van der Waals surface area contributed by atoms with E-state index in [0.717, 1.165) is 11.3 Å². The van der Waals surface area contributed by atoms with Crippen molar-refractivity contribution in [2.45, 2.75) is 38.8 Å².